The maximum atomic E-state index is 13.2. The van der Waals surface area contributed by atoms with Crippen molar-refractivity contribution < 1.29 is 4.65 Å². The van der Waals surface area contributed by atoms with Gasteiger partial charge in [-0.05, 0) is 30.3 Å². The zero-order valence-corrected chi connectivity index (χ0v) is 19.0. The molecule has 0 aliphatic carbocycles. The summed E-state index contributed by atoms with van der Waals surface area (Å²) in [5.41, 5.74) is 2.91. The van der Waals surface area contributed by atoms with Gasteiger partial charge in [-0.2, -0.15) is 0 Å². The number of hydrogen-bond acceptors (Lipinski definition) is 3. The van der Waals surface area contributed by atoms with E-state index in [4.69, 9.17) is 11.6 Å². The number of halogens is 2. The van der Waals surface area contributed by atoms with E-state index in [0.717, 1.165) is 22.1 Å². The Kier molecular flexibility index (Phi) is 6.22. The topological polar surface area (TPSA) is 98.6 Å². The first-order chi connectivity index (χ1) is 14.9. The molecule has 2 aromatic heterocycles. The first-order valence-electron chi connectivity index (χ1n) is 10.6. The van der Waals surface area contributed by atoms with Crippen LogP contribution in [0.4, 0.5) is 0 Å². The van der Waals surface area contributed by atoms with Crippen molar-refractivity contribution in [1.29, 1.82) is 0 Å². The first kappa shape index (κ1) is 22.7. The summed E-state index contributed by atoms with van der Waals surface area (Å²) in [5, 5.41) is 13.8. The summed E-state index contributed by atoms with van der Waals surface area (Å²) in [6.07, 6.45) is 1.92. The molecule has 0 radical (unpaired) electrons. The van der Waals surface area contributed by atoms with Gasteiger partial charge in [0.15, 0.2) is 0 Å². The summed E-state index contributed by atoms with van der Waals surface area (Å²) in [7, 11) is 0. The van der Waals surface area contributed by atoms with Crippen LogP contribution in [-0.2, 0) is 6.54 Å². The zero-order chi connectivity index (χ0) is 21.6. The number of para-hydroxylation sites is 2. The molecule has 5 rings (SSSR count). The van der Waals surface area contributed by atoms with Crippen LogP contribution in [-0.4, -0.2) is 43.4 Å². The third kappa shape index (κ3) is 4.11. The van der Waals surface area contributed by atoms with Gasteiger partial charge < -0.3 is 19.8 Å². The smallest absolute Gasteiger partial charge is 0.326 e. The lowest BCUT2D eigenvalue weighted by Gasteiger charge is -2.47. The van der Waals surface area contributed by atoms with Gasteiger partial charge in [0.1, 0.15) is 0 Å². The van der Waals surface area contributed by atoms with Gasteiger partial charge in [0, 0.05) is 36.9 Å². The van der Waals surface area contributed by atoms with Gasteiger partial charge >= 0.3 is 11.4 Å². The predicted octanol–water partition coefficient (Wildman–Crippen LogP) is 3.79. The maximum absolute atomic E-state index is 13.2. The number of hydrogen-bond donors (Lipinski definition) is 2. The van der Waals surface area contributed by atoms with Crippen molar-refractivity contribution >= 4 is 46.1 Å². The van der Waals surface area contributed by atoms with Crippen molar-refractivity contribution in [3.63, 3.8) is 0 Å². The first-order valence-corrected chi connectivity index (χ1v) is 11.0. The molecule has 170 valence electrons. The lowest BCUT2D eigenvalue weighted by molar-refractivity contribution is -0.886. The number of likely N-dealkylation sites (tertiary alicyclic amines) is 1. The molecule has 0 spiro atoms. The number of aryl methyl sites for hydroxylation is 1. The lowest BCUT2D eigenvalue weighted by atomic mass is 10.0. The second-order valence-corrected chi connectivity index (χ2v) is 8.81. The Labute approximate surface area is 195 Å². The average Bonchev–Trinajstić information content (AvgIpc) is 3.24. The molecule has 8 nitrogen and oxygen atoms in total. The SMILES string of the molecule is Cl.O=c1[nH]c2ccccc2n1CCC[N+]1([O-])CCC(n2c(=O)[nH]c3cc(Cl)ccc32)CC1. The van der Waals surface area contributed by atoms with E-state index in [1.807, 2.05) is 30.3 Å². The number of benzene rings is 2. The van der Waals surface area contributed by atoms with Crippen molar-refractivity contribution in [2.45, 2.75) is 31.8 Å². The summed E-state index contributed by atoms with van der Waals surface area (Å²) in [4.78, 5) is 30.4. The summed E-state index contributed by atoms with van der Waals surface area (Å²) in [5.74, 6) is 0. The van der Waals surface area contributed by atoms with Gasteiger partial charge in [0.25, 0.3) is 0 Å². The van der Waals surface area contributed by atoms with Crippen LogP contribution in [0.3, 0.4) is 0 Å². The van der Waals surface area contributed by atoms with Crippen molar-refractivity contribution in [3.05, 3.63) is 73.7 Å². The Morgan fingerprint density at radius 3 is 2.50 bits per heavy atom. The van der Waals surface area contributed by atoms with E-state index in [0.29, 0.717) is 50.5 Å². The number of fused-ring (bicyclic) bond motifs is 2. The Hall–Kier alpha value is -2.52. The molecule has 0 saturated carbocycles. The van der Waals surface area contributed by atoms with Gasteiger partial charge in [-0.1, -0.05) is 23.7 Å². The molecule has 3 heterocycles. The van der Waals surface area contributed by atoms with Gasteiger partial charge in [-0.25, -0.2) is 9.59 Å². The van der Waals surface area contributed by atoms with Gasteiger partial charge in [-0.3, -0.25) is 9.13 Å². The number of imidazole rings is 2. The fourth-order valence-electron chi connectivity index (χ4n) is 4.82. The molecule has 1 aliphatic heterocycles. The standard InChI is InChI=1S/C22H24ClN5O3.ClH/c23-15-6-7-20-18(14-15)25-22(30)27(20)16-8-12-28(31,13-9-16)11-3-10-26-19-5-2-1-4-17(19)24-21(26)29;/h1-2,4-7,14,16H,3,8-13H2,(H,24,29)(H,25,30);1H. The molecule has 32 heavy (non-hydrogen) atoms. The van der Waals surface area contributed by atoms with Crippen LogP contribution in [0.1, 0.15) is 25.3 Å². The Morgan fingerprint density at radius 1 is 1.00 bits per heavy atom. The number of piperidine rings is 1. The molecule has 0 amide bonds. The minimum Gasteiger partial charge on any atom is -0.633 e. The van der Waals surface area contributed by atoms with Crippen LogP contribution in [0, 0.1) is 5.21 Å². The molecule has 0 bridgehead atoms. The number of nitrogens with zero attached hydrogens (tertiary/aromatic N) is 3. The largest absolute Gasteiger partial charge is 0.633 e. The highest BCUT2D eigenvalue weighted by molar-refractivity contribution is 6.31. The highest BCUT2D eigenvalue weighted by atomic mass is 35.5. The molecule has 10 heteroatoms. The highest BCUT2D eigenvalue weighted by Crippen LogP contribution is 2.29. The summed E-state index contributed by atoms with van der Waals surface area (Å²) < 4.78 is 3.18. The number of H-pyrrole nitrogens is 2. The molecular formula is C22H25Cl2N5O3. The quantitative estimate of drug-likeness (QED) is 0.337. The van der Waals surface area contributed by atoms with Crippen LogP contribution in [0.15, 0.2) is 52.1 Å². The molecular weight excluding hydrogens is 453 g/mol. The van der Waals surface area contributed by atoms with Crippen LogP contribution < -0.4 is 11.4 Å². The highest BCUT2D eigenvalue weighted by Gasteiger charge is 2.29. The molecule has 0 unspecified atom stereocenters. The third-order valence-corrected chi connectivity index (χ3v) is 6.65. The fourth-order valence-corrected chi connectivity index (χ4v) is 4.99. The van der Waals surface area contributed by atoms with E-state index < -0.39 is 0 Å². The Morgan fingerprint density at radius 2 is 1.72 bits per heavy atom. The molecule has 4 aromatic rings. The Bertz CT molecular complexity index is 1360. The van der Waals surface area contributed by atoms with E-state index in [1.54, 1.807) is 21.3 Å². The molecule has 1 fully saturated rings. The summed E-state index contributed by atoms with van der Waals surface area (Å²) >= 11 is 6.03. The van der Waals surface area contributed by atoms with Crippen molar-refractivity contribution in [2.24, 2.45) is 0 Å². The predicted molar refractivity (Wildman–Crippen MR) is 128 cm³/mol. The van der Waals surface area contributed by atoms with Gasteiger partial charge in [0.05, 0.1) is 41.7 Å². The summed E-state index contributed by atoms with van der Waals surface area (Å²) in [6, 6.07) is 12.9. The minimum atomic E-state index is -0.281. The molecule has 1 saturated heterocycles. The number of aromatic amines is 2. The number of rotatable bonds is 5. The van der Waals surface area contributed by atoms with Crippen LogP contribution in [0.25, 0.3) is 22.1 Å². The van der Waals surface area contributed by atoms with Crippen molar-refractivity contribution in [3.8, 4) is 0 Å². The van der Waals surface area contributed by atoms with Crippen molar-refractivity contribution in [1.82, 2.24) is 19.1 Å². The van der Waals surface area contributed by atoms with E-state index >= 15 is 0 Å². The van der Waals surface area contributed by atoms with Crippen LogP contribution in [0.2, 0.25) is 5.02 Å². The molecule has 2 N–H and O–H groups in total. The van der Waals surface area contributed by atoms with Gasteiger partial charge in [0.2, 0.25) is 0 Å². The fraction of sp³-hybridized carbons (Fsp3) is 0.364. The van der Waals surface area contributed by atoms with E-state index in [9.17, 15) is 14.8 Å². The Balaban J connectivity index is 0.00000245. The second kappa shape index (κ2) is 8.78. The average molecular weight is 478 g/mol. The van der Waals surface area contributed by atoms with Gasteiger partial charge in [-0.15, -0.1) is 12.4 Å². The molecule has 0 atom stereocenters. The summed E-state index contributed by atoms with van der Waals surface area (Å²) in [6.45, 7) is 1.88. The van der Waals surface area contributed by atoms with E-state index in [-0.39, 0.29) is 34.5 Å². The minimum absolute atomic E-state index is 0. The monoisotopic (exact) mass is 477 g/mol. The van der Waals surface area contributed by atoms with Crippen LogP contribution >= 0.6 is 24.0 Å². The maximum Gasteiger partial charge on any atom is 0.326 e. The zero-order valence-electron chi connectivity index (χ0n) is 17.4. The van der Waals surface area contributed by atoms with Crippen LogP contribution in [0.5, 0.6) is 0 Å². The lowest BCUT2D eigenvalue weighted by Crippen LogP contribution is -2.49. The van der Waals surface area contributed by atoms with E-state index in [1.165, 1.54) is 0 Å². The van der Waals surface area contributed by atoms with E-state index in [2.05, 4.69) is 9.97 Å². The van der Waals surface area contributed by atoms with Crippen molar-refractivity contribution in [2.75, 3.05) is 19.6 Å². The number of quaternary nitrogens is 1. The number of aromatic nitrogens is 4. The molecule has 1 aliphatic rings. The number of nitrogens with one attached hydrogen (secondary N) is 2. The molecule has 2 aromatic carbocycles. The third-order valence-electron chi connectivity index (χ3n) is 6.41. The normalized spacial score (nSPS) is 21.1. The second-order valence-electron chi connectivity index (χ2n) is 8.37. The number of hydroxylamine groups is 3.